The number of nitrogens with one attached hydrogen (secondary N) is 1. The van der Waals surface area contributed by atoms with Crippen molar-refractivity contribution in [1.29, 1.82) is 0 Å². The molecule has 0 aliphatic heterocycles. The molecule has 0 heterocycles. The number of hydrogen-bond acceptors (Lipinski definition) is 4. The van der Waals surface area contributed by atoms with Crippen LogP contribution >= 0.6 is 0 Å². The Morgan fingerprint density at radius 2 is 2.05 bits per heavy atom. The van der Waals surface area contributed by atoms with Crippen molar-refractivity contribution in [3.63, 3.8) is 0 Å². The first kappa shape index (κ1) is 17.5. The lowest BCUT2D eigenvalue weighted by Gasteiger charge is -2.11. The van der Waals surface area contributed by atoms with Gasteiger partial charge < -0.3 is 11.1 Å². The number of rotatable bonds is 7. The minimum absolute atomic E-state index is 0.0470. The Kier molecular flexibility index (Phi) is 6.20. The number of carbonyl (C=O) groups excluding carboxylic acids is 1. The highest BCUT2D eigenvalue weighted by Crippen LogP contribution is 2.20. The van der Waals surface area contributed by atoms with Crippen LogP contribution in [0.15, 0.2) is 18.2 Å². The molecule has 0 aliphatic rings. The highest BCUT2D eigenvalue weighted by atomic mass is 32.2. The van der Waals surface area contributed by atoms with Crippen LogP contribution in [0.2, 0.25) is 0 Å². The molecule has 0 fully saturated rings. The van der Waals surface area contributed by atoms with Gasteiger partial charge in [0.05, 0.1) is 11.0 Å². The van der Waals surface area contributed by atoms with Gasteiger partial charge in [0.1, 0.15) is 0 Å². The van der Waals surface area contributed by atoms with Crippen LogP contribution in [-0.2, 0) is 14.6 Å². The van der Waals surface area contributed by atoms with Crippen molar-refractivity contribution in [3.05, 3.63) is 23.8 Å². The van der Waals surface area contributed by atoms with Crippen molar-refractivity contribution in [2.24, 2.45) is 0 Å². The van der Waals surface area contributed by atoms with Gasteiger partial charge in [-0.2, -0.15) is 0 Å². The van der Waals surface area contributed by atoms with Gasteiger partial charge in [0, 0.05) is 17.8 Å². The van der Waals surface area contributed by atoms with Gasteiger partial charge in [0.2, 0.25) is 5.91 Å². The maximum Gasteiger partial charge on any atom is 0.224 e. The molecule has 0 aromatic heterocycles. The lowest BCUT2D eigenvalue weighted by atomic mass is 10.1. The van der Waals surface area contributed by atoms with Crippen molar-refractivity contribution in [3.8, 4) is 0 Å². The summed E-state index contributed by atoms with van der Waals surface area (Å²) in [5.41, 5.74) is 7.88. The van der Waals surface area contributed by atoms with E-state index in [2.05, 4.69) is 5.32 Å². The molecule has 21 heavy (non-hydrogen) atoms. The summed E-state index contributed by atoms with van der Waals surface area (Å²) < 4.78 is 23.7. The van der Waals surface area contributed by atoms with Crippen molar-refractivity contribution in [1.82, 2.24) is 0 Å². The monoisotopic (exact) mass is 312 g/mol. The molecular formula is C15H24N2O3S. The van der Waals surface area contributed by atoms with Gasteiger partial charge in [0.15, 0.2) is 9.84 Å². The fourth-order valence-electron chi connectivity index (χ4n) is 1.89. The summed E-state index contributed by atoms with van der Waals surface area (Å²) in [6.07, 6.45) is 1.11. The molecule has 0 spiro atoms. The van der Waals surface area contributed by atoms with Gasteiger partial charge in [0.25, 0.3) is 0 Å². The molecule has 5 nitrogen and oxygen atoms in total. The summed E-state index contributed by atoms with van der Waals surface area (Å²) in [6, 6.07) is 5.31. The summed E-state index contributed by atoms with van der Waals surface area (Å²) >= 11 is 0. The molecule has 6 heteroatoms. The van der Waals surface area contributed by atoms with Crippen LogP contribution in [-0.4, -0.2) is 25.3 Å². The van der Waals surface area contributed by atoms with Gasteiger partial charge >= 0.3 is 0 Å². The quantitative estimate of drug-likeness (QED) is 0.757. The summed E-state index contributed by atoms with van der Waals surface area (Å²) in [5, 5.41) is 2.42. The minimum atomic E-state index is -3.09. The molecule has 0 saturated carbocycles. The van der Waals surface area contributed by atoms with E-state index in [1.165, 1.54) is 0 Å². The molecule has 1 unspecified atom stereocenters. The van der Waals surface area contributed by atoms with Crippen molar-refractivity contribution in [2.45, 2.75) is 45.3 Å². The van der Waals surface area contributed by atoms with E-state index in [0.29, 0.717) is 24.2 Å². The molecule has 1 rings (SSSR count). The zero-order valence-corrected chi connectivity index (χ0v) is 13.7. The third-order valence-electron chi connectivity index (χ3n) is 3.67. The number of amides is 1. The second-order valence-corrected chi connectivity index (χ2v) is 7.80. The Hall–Kier alpha value is -1.56. The molecule has 1 amide bonds. The van der Waals surface area contributed by atoms with Gasteiger partial charge in [-0.05, 0) is 44.4 Å². The lowest BCUT2D eigenvalue weighted by Crippen LogP contribution is -2.21. The van der Waals surface area contributed by atoms with E-state index >= 15 is 0 Å². The number of nitrogens with two attached hydrogens (primary N) is 1. The normalized spacial score (nSPS) is 12.9. The Labute approximate surface area is 126 Å². The Morgan fingerprint density at radius 1 is 1.38 bits per heavy atom. The second kappa shape index (κ2) is 7.45. The SMILES string of the molecule is CCC(C)S(=O)(=O)CCCC(=O)Nc1cccc(N)c1C. The third kappa shape index (κ3) is 5.04. The molecule has 1 atom stereocenters. The van der Waals surface area contributed by atoms with E-state index in [4.69, 9.17) is 5.73 Å². The summed E-state index contributed by atoms with van der Waals surface area (Å²) in [7, 11) is -3.09. The number of benzene rings is 1. The second-order valence-electron chi connectivity index (χ2n) is 5.26. The first-order chi connectivity index (χ1) is 9.77. The first-order valence-electron chi connectivity index (χ1n) is 7.14. The average molecular weight is 312 g/mol. The maximum atomic E-state index is 11.9. The standard InChI is InChI=1S/C15H24N2O3S/c1-4-11(2)21(19,20)10-6-9-15(18)17-14-8-5-7-13(16)12(14)3/h5,7-8,11H,4,6,9-10,16H2,1-3H3,(H,17,18). The number of carbonyl (C=O) groups is 1. The van der Waals surface area contributed by atoms with Crippen molar-refractivity contribution in [2.75, 3.05) is 16.8 Å². The fraction of sp³-hybridized carbons (Fsp3) is 0.533. The number of sulfone groups is 1. The zero-order valence-electron chi connectivity index (χ0n) is 12.8. The van der Waals surface area contributed by atoms with Crippen molar-refractivity contribution >= 4 is 27.1 Å². The molecule has 3 N–H and O–H groups in total. The van der Waals surface area contributed by atoms with E-state index in [0.717, 1.165) is 5.56 Å². The number of hydrogen-bond donors (Lipinski definition) is 2. The van der Waals surface area contributed by atoms with Gasteiger partial charge in [-0.1, -0.05) is 13.0 Å². The molecule has 0 bridgehead atoms. The van der Waals surface area contributed by atoms with Crippen LogP contribution < -0.4 is 11.1 Å². The van der Waals surface area contributed by atoms with Crippen LogP contribution in [0.25, 0.3) is 0 Å². The van der Waals surface area contributed by atoms with Crippen molar-refractivity contribution < 1.29 is 13.2 Å². The van der Waals surface area contributed by atoms with E-state index < -0.39 is 9.84 Å². The fourth-order valence-corrected chi connectivity index (χ4v) is 3.35. The molecule has 1 aromatic rings. The predicted octanol–water partition coefficient (Wildman–Crippen LogP) is 2.51. The largest absolute Gasteiger partial charge is 0.398 e. The Bertz CT molecular complexity index is 597. The molecular weight excluding hydrogens is 288 g/mol. The Morgan fingerprint density at radius 3 is 2.67 bits per heavy atom. The van der Waals surface area contributed by atoms with E-state index in [1.807, 2.05) is 13.8 Å². The van der Waals surface area contributed by atoms with Crippen LogP contribution in [0.4, 0.5) is 11.4 Å². The minimum Gasteiger partial charge on any atom is -0.398 e. The Balaban J connectivity index is 2.51. The third-order valence-corrected chi connectivity index (χ3v) is 6.09. The highest BCUT2D eigenvalue weighted by Gasteiger charge is 2.19. The van der Waals surface area contributed by atoms with Crippen LogP contribution in [0, 0.1) is 6.92 Å². The maximum absolute atomic E-state index is 11.9. The van der Waals surface area contributed by atoms with Crippen LogP contribution in [0.1, 0.15) is 38.7 Å². The molecule has 1 aromatic carbocycles. The van der Waals surface area contributed by atoms with Crippen LogP contribution in [0.5, 0.6) is 0 Å². The summed E-state index contributed by atoms with van der Waals surface area (Å²) in [4.78, 5) is 11.9. The topological polar surface area (TPSA) is 89.3 Å². The number of nitrogen functional groups attached to an aromatic ring is 1. The molecule has 0 aliphatic carbocycles. The highest BCUT2D eigenvalue weighted by molar-refractivity contribution is 7.91. The lowest BCUT2D eigenvalue weighted by molar-refractivity contribution is -0.116. The van der Waals surface area contributed by atoms with Gasteiger partial charge in [-0.15, -0.1) is 0 Å². The van der Waals surface area contributed by atoms with E-state index in [1.54, 1.807) is 25.1 Å². The first-order valence-corrected chi connectivity index (χ1v) is 8.86. The average Bonchev–Trinajstić information content (AvgIpc) is 2.42. The van der Waals surface area contributed by atoms with E-state index in [-0.39, 0.29) is 23.3 Å². The summed E-state index contributed by atoms with van der Waals surface area (Å²) in [6.45, 7) is 5.38. The molecule has 118 valence electrons. The van der Waals surface area contributed by atoms with Gasteiger partial charge in [-0.3, -0.25) is 4.79 Å². The van der Waals surface area contributed by atoms with E-state index in [9.17, 15) is 13.2 Å². The molecule has 0 saturated heterocycles. The predicted molar refractivity (Wildman–Crippen MR) is 87.0 cm³/mol. The number of anilines is 2. The zero-order chi connectivity index (χ0) is 16.0. The smallest absolute Gasteiger partial charge is 0.224 e. The van der Waals surface area contributed by atoms with Gasteiger partial charge in [-0.25, -0.2) is 8.42 Å². The summed E-state index contributed by atoms with van der Waals surface area (Å²) in [5.74, 6) is -0.145. The molecule has 0 radical (unpaired) electrons. The van der Waals surface area contributed by atoms with Crippen LogP contribution in [0.3, 0.4) is 0 Å².